The van der Waals surface area contributed by atoms with Gasteiger partial charge in [-0.1, -0.05) is 29.8 Å². The number of rotatable bonds is 4. The molecule has 1 atom stereocenters. The van der Waals surface area contributed by atoms with Gasteiger partial charge in [0.1, 0.15) is 5.82 Å². The summed E-state index contributed by atoms with van der Waals surface area (Å²) in [5.41, 5.74) is 5.07. The van der Waals surface area contributed by atoms with Crippen LogP contribution in [0.2, 0.25) is 5.02 Å². The highest BCUT2D eigenvalue weighted by molar-refractivity contribution is 6.30. The highest BCUT2D eigenvalue weighted by Crippen LogP contribution is 2.27. The van der Waals surface area contributed by atoms with E-state index in [0.29, 0.717) is 10.6 Å². The Morgan fingerprint density at radius 3 is 2.30 bits per heavy atom. The molecule has 3 N–H and O–H groups in total. The molecule has 0 aliphatic rings. The van der Waals surface area contributed by atoms with E-state index in [9.17, 15) is 4.39 Å². The molecule has 5 heteroatoms. The Labute approximate surface area is 123 Å². The molecule has 2 aromatic carbocycles. The molecule has 0 saturated heterocycles. The van der Waals surface area contributed by atoms with Crippen molar-refractivity contribution in [3.8, 4) is 0 Å². The van der Waals surface area contributed by atoms with Crippen molar-refractivity contribution in [1.82, 2.24) is 5.43 Å². The standard InChI is InChI=1S/C15H17ClFN3/c1-20(2)12-6-3-10(4-7-12)15(19-18)13-8-5-11(16)9-14(13)17/h3-9,15,19H,18H2,1-2H3. The van der Waals surface area contributed by atoms with Crippen molar-refractivity contribution in [2.75, 3.05) is 19.0 Å². The number of hydrazine groups is 1. The van der Waals surface area contributed by atoms with Crippen LogP contribution >= 0.6 is 11.6 Å². The summed E-state index contributed by atoms with van der Waals surface area (Å²) in [4.78, 5) is 2.00. The molecular weight excluding hydrogens is 277 g/mol. The van der Waals surface area contributed by atoms with Gasteiger partial charge in [0.25, 0.3) is 0 Å². The van der Waals surface area contributed by atoms with Crippen molar-refractivity contribution >= 4 is 17.3 Å². The minimum atomic E-state index is -0.413. The van der Waals surface area contributed by atoms with Crippen molar-refractivity contribution in [2.24, 2.45) is 5.84 Å². The summed E-state index contributed by atoms with van der Waals surface area (Å²) in [7, 11) is 3.93. The van der Waals surface area contributed by atoms with Crippen molar-refractivity contribution in [2.45, 2.75) is 6.04 Å². The Hall–Kier alpha value is -1.62. The summed E-state index contributed by atoms with van der Waals surface area (Å²) in [6, 6.07) is 11.9. The fourth-order valence-corrected chi connectivity index (χ4v) is 2.22. The summed E-state index contributed by atoms with van der Waals surface area (Å²) in [5, 5.41) is 0.366. The van der Waals surface area contributed by atoms with Gasteiger partial charge in [-0.05, 0) is 29.8 Å². The Bertz CT molecular complexity index is 584. The highest BCUT2D eigenvalue weighted by atomic mass is 35.5. The monoisotopic (exact) mass is 293 g/mol. The Morgan fingerprint density at radius 2 is 1.80 bits per heavy atom. The molecule has 2 rings (SSSR count). The summed E-state index contributed by atoms with van der Waals surface area (Å²) in [5.74, 6) is 5.20. The minimum absolute atomic E-state index is 0.366. The van der Waals surface area contributed by atoms with Crippen molar-refractivity contribution in [1.29, 1.82) is 0 Å². The first kappa shape index (κ1) is 14.8. The lowest BCUT2D eigenvalue weighted by atomic mass is 9.98. The maximum atomic E-state index is 14.0. The van der Waals surface area contributed by atoms with Gasteiger partial charge in [-0.25, -0.2) is 9.82 Å². The predicted octanol–water partition coefficient (Wildman–Crippen LogP) is 3.10. The van der Waals surface area contributed by atoms with E-state index in [0.717, 1.165) is 11.3 Å². The first-order chi connectivity index (χ1) is 9.52. The second-order valence-corrected chi connectivity index (χ2v) is 5.19. The van der Waals surface area contributed by atoms with Gasteiger partial charge < -0.3 is 4.90 Å². The van der Waals surface area contributed by atoms with Crippen LogP contribution < -0.4 is 16.2 Å². The fourth-order valence-electron chi connectivity index (χ4n) is 2.07. The molecule has 1 unspecified atom stereocenters. The van der Waals surface area contributed by atoms with Gasteiger partial charge in [-0.3, -0.25) is 5.84 Å². The van der Waals surface area contributed by atoms with Crippen molar-refractivity contribution < 1.29 is 4.39 Å². The molecule has 0 saturated carbocycles. The lowest BCUT2D eigenvalue weighted by molar-refractivity contribution is 0.560. The summed E-state index contributed by atoms with van der Waals surface area (Å²) >= 11 is 5.77. The van der Waals surface area contributed by atoms with Gasteiger partial charge >= 0.3 is 0 Å². The average Bonchev–Trinajstić information content (AvgIpc) is 2.42. The zero-order valence-corrected chi connectivity index (χ0v) is 12.2. The molecule has 0 bridgehead atoms. The van der Waals surface area contributed by atoms with E-state index in [-0.39, 0.29) is 5.82 Å². The quantitative estimate of drug-likeness (QED) is 0.672. The Balaban J connectivity index is 2.36. The average molecular weight is 294 g/mol. The van der Waals surface area contributed by atoms with Gasteiger partial charge in [0.15, 0.2) is 0 Å². The van der Waals surface area contributed by atoms with E-state index in [2.05, 4.69) is 5.43 Å². The number of halogens is 2. The van der Waals surface area contributed by atoms with Gasteiger partial charge in [-0.2, -0.15) is 0 Å². The summed E-state index contributed by atoms with van der Waals surface area (Å²) < 4.78 is 14.0. The molecule has 0 aromatic heterocycles. The molecule has 3 nitrogen and oxygen atoms in total. The Kier molecular flexibility index (Phi) is 4.60. The third-order valence-corrected chi connectivity index (χ3v) is 3.42. The van der Waals surface area contributed by atoms with E-state index >= 15 is 0 Å². The van der Waals surface area contributed by atoms with Gasteiger partial charge in [0.2, 0.25) is 0 Å². The van der Waals surface area contributed by atoms with Crippen LogP contribution in [0.15, 0.2) is 42.5 Å². The topological polar surface area (TPSA) is 41.3 Å². The molecule has 0 aliphatic carbocycles. The van der Waals surface area contributed by atoms with Gasteiger partial charge in [-0.15, -0.1) is 0 Å². The third kappa shape index (κ3) is 3.10. The second-order valence-electron chi connectivity index (χ2n) is 4.75. The van der Waals surface area contributed by atoms with Crippen LogP contribution in [-0.2, 0) is 0 Å². The molecule has 0 heterocycles. The van der Waals surface area contributed by atoms with Crippen molar-refractivity contribution in [3.63, 3.8) is 0 Å². The van der Waals surface area contributed by atoms with Crippen molar-refractivity contribution in [3.05, 3.63) is 64.4 Å². The van der Waals surface area contributed by atoms with Gasteiger partial charge in [0.05, 0.1) is 6.04 Å². The van der Waals surface area contributed by atoms with Gasteiger partial charge in [0, 0.05) is 30.4 Å². The lowest BCUT2D eigenvalue weighted by Crippen LogP contribution is -2.29. The fraction of sp³-hybridized carbons (Fsp3) is 0.200. The molecule has 20 heavy (non-hydrogen) atoms. The predicted molar refractivity (Wildman–Crippen MR) is 81.3 cm³/mol. The Morgan fingerprint density at radius 1 is 1.15 bits per heavy atom. The number of hydrogen-bond acceptors (Lipinski definition) is 3. The number of hydrogen-bond donors (Lipinski definition) is 2. The van der Waals surface area contributed by atoms with E-state index in [4.69, 9.17) is 17.4 Å². The number of nitrogens with zero attached hydrogens (tertiary/aromatic N) is 1. The number of benzene rings is 2. The molecular formula is C15H17ClFN3. The number of nitrogens with one attached hydrogen (secondary N) is 1. The first-order valence-corrected chi connectivity index (χ1v) is 6.59. The maximum Gasteiger partial charge on any atom is 0.129 e. The molecule has 2 aromatic rings. The zero-order valence-electron chi connectivity index (χ0n) is 11.4. The molecule has 0 aliphatic heterocycles. The van der Waals surface area contributed by atoms with E-state index in [1.807, 2.05) is 43.3 Å². The molecule has 0 fully saturated rings. The summed E-state index contributed by atoms with van der Waals surface area (Å²) in [6.45, 7) is 0. The molecule has 0 amide bonds. The summed E-state index contributed by atoms with van der Waals surface area (Å²) in [6.07, 6.45) is 0. The minimum Gasteiger partial charge on any atom is -0.378 e. The normalized spacial score (nSPS) is 12.2. The third-order valence-electron chi connectivity index (χ3n) is 3.18. The van der Waals surface area contributed by atoms with Crippen LogP contribution in [0.25, 0.3) is 0 Å². The van der Waals surface area contributed by atoms with E-state index in [1.165, 1.54) is 6.07 Å². The molecule has 106 valence electrons. The zero-order chi connectivity index (χ0) is 14.7. The van der Waals surface area contributed by atoms with E-state index < -0.39 is 6.04 Å². The molecule has 0 spiro atoms. The SMILES string of the molecule is CN(C)c1ccc(C(NN)c2ccc(Cl)cc2F)cc1. The van der Waals surface area contributed by atoms with Crippen LogP contribution in [0.3, 0.4) is 0 Å². The first-order valence-electron chi connectivity index (χ1n) is 6.21. The highest BCUT2D eigenvalue weighted by Gasteiger charge is 2.16. The molecule has 0 radical (unpaired) electrons. The van der Waals surface area contributed by atoms with Crippen LogP contribution in [0.1, 0.15) is 17.2 Å². The maximum absolute atomic E-state index is 14.0. The van der Waals surface area contributed by atoms with Crippen LogP contribution in [-0.4, -0.2) is 14.1 Å². The smallest absolute Gasteiger partial charge is 0.129 e. The lowest BCUT2D eigenvalue weighted by Gasteiger charge is -2.19. The number of nitrogens with two attached hydrogens (primary N) is 1. The second kappa shape index (κ2) is 6.22. The number of anilines is 1. The van der Waals surface area contributed by atoms with Crippen LogP contribution in [0.5, 0.6) is 0 Å². The van der Waals surface area contributed by atoms with Crippen LogP contribution in [0.4, 0.5) is 10.1 Å². The largest absolute Gasteiger partial charge is 0.378 e. The van der Waals surface area contributed by atoms with E-state index in [1.54, 1.807) is 12.1 Å². The van der Waals surface area contributed by atoms with Crippen LogP contribution in [0, 0.1) is 5.82 Å².